The zero-order valence-electron chi connectivity index (χ0n) is 10.4. The van der Waals surface area contributed by atoms with Gasteiger partial charge in [-0.1, -0.05) is 12.2 Å². The third-order valence-electron chi connectivity index (χ3n) is 4.14. The van der Waals surface area contributed by atoms with Crippen LogP contribution in [0.1, 0.15) is 33.1 Å². The standard InChI is InChI=1S/C13H21NO3/c1-8-3-4-9(2)14(8)10-5-6-11(13(16)17)12(15)7-10/h3-4,8-12,15H,5-7H2,1-2H3,(H,16,17). The van der Waals surface area contributed by atoms with Crippen molar-refractivity contribution >= 4 is 5.97 Å². The summed E-state index contributed by atoms with van der Waals surface area (Å²) in [5.74, 6) is -1.44. The van der Waals surface area contributed by atoms with Crippen molar-refractivity contribution in [1.82, 2.24) is 4.90 Å². The molecule has 0 aromatic carbocycles. The first-order valence-corrected chi connectivity index (χ1v) is 6.37. The van der Waals surface area contributed by atoms with Crippen LogP contribution in [0.4, 0.5) is 0 Å². The van der Waals surface area contributed by atoms with Crippen LogP contribution in [-0.2, 0) is 4.79 Å². The van der Waals surface area contributed by atoms with Crippen LogP contribution in [0.3, 0.4) is 0 Å². The zero-order chi connectivity index (χ0) is 12.6. The molecule has 2 aliphatic rings. The van der Waals surface area contributed by atoms with Gasteiger partial charge >= 0.3 is 5.97 Å². The topological polar surface area (TPSA) is 60.8 Å². The summed E-state index contributed by atoms with van der Waals surface area (Å²) in [7, 11) is 0. The fourth-order valence-electron chi connectivity index (χ4n) is 3.24. The molecule has 1 heterocycles. The fraction of sp³-hybridized carbons (Fsp3) is 0.769. The molecule has 0 saturated heterocycles. The minimum absolute atomic E-state index is 0.306. The third kappa shape index (κ3) is 2.38. The average Bonchev–Trinajstić information content (AvgIpc) is 2.58. The van der Waals surface area contributed by atoms with Gasteiger partial charge in [-0.05, 0) is 33.1 Å². The minimum atomic E-state index is -0.864. The first-order valence-electron chi connectivity index (χ1n) is 6.37. The van der Waals surface area contributed by atoms with Crippen molar-refractivity contribution in [3.63, 3.8) is 0 Å². The normalized spacial score (nSPS) is 42.9. The molecule has 1 saturated carbocycles. The maximum Gasteiger partial charge on any atom is 0.309 e. The van der Waals surface area contributed by atoms with Crippen molar-refractivity contribution in [2.75, 3.05) is 0 Å². The van der Waals surface area contributed by atoms with E-state index >= 15 is 0 Å². The molecule has 0 aromatic heterocycles. The summed E-state index contributed by atoms with van der Waals surface area (Å²) in [5.41, 5.74) is 0. The van der Waals surface area contributed by atoms with E-state index in [1.54, 1.807) is 0 Å². The Morgan fingerprint density at radius 3 is 2.29 bits per heavy atom. The van der Waals surface area contributed by atoms with Gasteiger partial charge in [-0.25, -0.2) is 0 Å². The van der Waals surface area contributed by atoms with E-state index in [1.165, 1.54) is 0 Å². The molecule has 4 nitrogen and oxygen atoms in total. The van der Waals surface area contributed by atoms with Gasteiger partial charge in [-0.2, -0.15) is 0 Å². The molecule has 5 atom stereocenters. The van der Waals surface area contributed by atoms with Crippen molar-refractivity contribution < 1.29 is 15.0 Å². The minimum Gasteiger partial charge on any atom is -0.481 e. The van der Waals surface area contributed by atoms with Gasteiger partial charge < -0.3 is 10.2 Å². The maximum atomic E-state index is 10.9. The van der Waals surface area contributed by atoms with Gasteiger partial charge in [-0.3, -0.25) is 9.69 Å². The number of hydrogen-bond acceptors (Lipinski definition) is 3. The summed E-state index contributed by atoms with van der Waals surface area (Å²) >= 11 is 0. The molecular formula is C13H21NO3. The molecule has 0 amide bonds. The quantitative estimate of drug-likeness (QED) is 0.712. The van der Waals surface area contributed by atoms with E-state index in [4.69, 9.17) is 5.11 Å². The van der Waals surface area contributed by atoms with Crippen LogP contribution in [0.5, 0.6) is 0 Å². The molecule has 2 rings (SSSR count). The van der Waals surface area contributed by atoms with E-state index in [-0.39, 0.29) is 0 Å². The molecular weight excluding hydrogens is 218 g/mol. The Morgan fingerprint density at radius 1 is 1.24 bits per heavy atom. The lowest BCUT2D eigenvalue weighted by Crippen LogP contribution is -2.48. The Labute approximate surface area is 102 Å². The maximum absolute atomic E-state index is 10.9. The smallest absolute Gasteiger partial charge is 0.309 e. The second-order valence-electron chi connectivity index (χ2n) is 5.29. The molecule has 17 heavy (non-hydrogen) atoms. The van der Waals surface area contributed by atoms with Crippen LogP contribution in [0, 0.1) is 5.92 Å². The van der Waals surface area contributed by atoms with Gasteiger partial charge in [0.25, 0.3) is 0 Å². The van der Waals surface area contributed by atoms with E-state index in [2.05, 4.69) is 30.9 Å². The lowest BCUT2D eigenvalue weighted by Gasteiger charge is -2.40. The first-order chi connectivity index (χ1) is 8.00. The second kappa shape index (κ2) is 4.78. The van der Waals surface area contributed by atoms with Crippen LogP contribution in [-0.4, -0.2) is 45.3 Å². The van der Waals surface area contributed by atoms with Crippen LogP contribution in [0.2, 0.25) is 0 Å². The Bertz CT molecular complexity index is 317. The molecule has 0 aromatic rings. The number of hydrogen-bond donors (Lipinski definition) is 2. The number of aliphatic hydroxyl groups excluding tert-OH is 1. The van der Waals surface area contributed by atoms with Gasteiger partial charge in [0.1, 0.15) is 0 Å². The summed E-state index contributed by atoms with van der Waals surface area (Å²) < 4.78 is 0. The lowest BCUT2D eigenvalue weighted by molar-refractivity contribution is -0.148. The van der Waals surface area contributed by atoms with E-state index in [9.17, 15) is 9.90 Å². The van der Waals surface area contributed by atoms with E-state index in [1.807, 2.05) is 0 Å². The molecule has 0 bridgehead atoms. The van der Waals surface area contributed by atoms with Crippen LogP contribution < -0.4 is 0 Å². The molecule has 96 valence electrons. The highest BCUT2D eigenvalue weighted by molar-refractivity contribution is 5.70. The second-order valence-corrected chi connectivity index (χ2v) is 5.29. The predicted molar refractivity (Wildman–Crippen MR) is 64.7 cm³/mol. The molecule has 5 unspecified atom stereocenters. The van der Waals surface area contributed by atoms with Crippen LogP contribution in [0.15, 0.2) is 12.2 Å². The molecule has 1 fully saturated rings. The Balaban J connectivity index is 2.00. The summed E-state index contributed by atoms with van der Waals surface area (Å²) in [6.07, 6.45) is 5.68. The average molecular weight is 239 g/mol. The number of aliphatic carboxylic acids is 1. The number of rotatable bonds is 2. The molecule has 4 heteroatoms. The largest absolute Gasteiger partial charge is 0.481 e. The van der Waals surface area contributed by atoms with Gasteiger partial charge in [0, 0.05) is 18.1 Å². The Kier molecular flexibility index (Phi) is 3.54. The number of aliphatic hydroxyl groups is 1. The molecule has 1 aliphatic carbocycles. The number of carboxylic acid groups (broad SMARTS) is 1. The Hall–Kier alpha value is -0.870. The zero-order valence-corrected chi connectivity index (χ0v) is 10.4. The number of carbonyl (C=O) groups is 1. The molecule has 2 N–H and O–H groups in total. The highest BCUT2D eigenvalue weighted by Gasteiger charge is 2.38. The van der Waals surface area contributed by atoms with Crippen LogP contribution in [0.25, 0.3) is 0 Å². The highest BCUT2D eigenvalue weighted by Crippen LogP contribution is 2.32. The van der Waals surface area contributed by atoms with E-state index in [0.717, 1.165) is 6.42 Å². The first kappa shape index (κ1) is 12.6. The Morgan fingerprint density at radius 2 is 1.82 bits per heavy atom. The van der Waals surface area contributed by atoms with Gasteiger partial charge in [0.2, 0.25) is 0 Å². The van der Waals surface area contributed by atoms with E-state index in [0.29, 0.717) is 31.0 Å². The summed E-state index contributed by atoms with van der Waals surface area (Å²) in [5, 5.41) is 18.9. The van der Waals surface area contributed by atoms with Gasteiger partial charge in [-0.15, -0.1) is 0 Å². The monoisotopic (exact) mass is 239 g/mol. The third-order valence-corrected chi connectivity index (χ3v) is 4.14. The van der Waals surface area contributed by atoms with Gasteiger partial charge in [0.15, 0.2) is 0 Å². The van der Waals surface area contributed by atoms with Crippen molar-refractivity contribution in [2.45, 2.75) is 57.3 Å². The lowest BCUT2D eigenvalue weighted by atomic mass is 9.82. The van der Waals surface area contributed by atoms with Crippen molar-refractivity contribution in [3.8, 4) is 0 Å². The van der Waals surface area contributed by atoms with Crippen molar-refractivity contribution in [3.05, 3.63) is 12.2 Å². The summed E-state index contributed by atoms with van der Waals surface area (Å²) in [6, 6.07) is 1.09. The SMILES string of the molecule is CC1C=CC(C)N1C1CCC(C(=O)O)C(O)C1. The van der Waals surface area contributed by atoms with E-state index < -0.39 is 18.0 Å². The van der Waals surface area contributed by atoms with Gasteiger partial charge in [0.05, 0.1) is 12.0 Å². The highest BCUT2D eigenvalue weighted by atomic mass is 16.4. The molecule has 1 aliphatic heterocycles. The number of carboxylic acids is 1. The van der Waals surface area contributed by atoms with Crippen LogP contribution >= 0.6 is 0 Å². The fourth-order valence-corrected chi connectivity index (χ4v) is 3.24. The van der Waals surface area contributed by atoms with Crippen molar-refractivity contribution in [1.29, 1.82) is 0 Å². The van der Waals surface area contributed by atoms with Crippen molar-refractivity contribution in [2.24, 2.45) is 5.92 Å². The predicted octanol–water partition coefficient (Wildman–Crippen LogP) is 1.25. The molecule has 0 spiro atoms. The molecule has 0 radical (unpaired) electrons. The number of nitrogens with zero attached hydrogens (tertiary/aromatic N) is 1. The summed E-state index contributed by atoms with van der Waals surface area (Å²) in [6.45, 7) is 4.30. The summed E-state index contributed by atoms with van der Waals surface area (Å²) in [4.78, 5) is 13.3.